The molecule has 4 heteroatoms. The van der Waals surface area contributed by atoms with Crippen molar-refractivity contribution in [2.75, 3.05) is 14.2 Å². The fraction of sp³-hybridized carbons (Fsp3) is 0.250. The Morgan fingerprint density at radius 1 is 1.38 bits per heavy atom. The van der Waals surface area contributed by atoms with Crippen LogP contribution >= 0.6 is 0 Å². The first-order valence-corrected chi connectivity index (χ1v) is 5.08. The Bertz CT molecular complexity index is 466. The van der Waals surface area contributed by atoms with Crippen LogP contribution in [0.2, 0.25) is 0 Å². The van der Waals surface area contributed by atoms with Gasteiger partial charge in [-0.3, -0.25) is 0 Å². The summed E-state index contributed by atoms with van der Waals surface area (Å²) in [4.78, 5) is 0. The van der Waals surface area contributed by atoms with Gasteiger partial charge < -0.3 is 14.6 Å². The van der Waals surface area contributed by atoms with Gasteiger partial charge in [-0.05, 0) is 19.2 Å². The highest BCUT2D eigenvalue weighted by atomic mass is 16.5. The molecule has 4 nitrogen and oxygen atoms in total. The molecule has 2 aromatic rings. The van der Waals surface area contributed by atoms with E-state index in [-0.39, 0.29) is 0 Å². The van der Waals surface area contributed by atoms with Gasteiger partial charge in [0.1, 0.15) is 11.4 Å². The van der Waals surface area contributed by atoms with E-state index in [1.807, 2.05) is 37.4 Å². The second-order valence-corrected chi connectivity index (χ2v) is 3.41. The average Bonchev–Trinajstić information content (AvgIpc) is 2.78. The highest BCUT2D eigenvalue weighted by Crippen LogP contribution is 2.28. The molecule has 2 rings (SSSR count). The normalized spacial score (nSPS) is 10.4. The van der Waals surface area contributed by atoms with Gasteiger partial charge >= 0.3 is 0 Å². The van der Waals surface area contributed by atoms with Crippen LogP contribution < -0.4 is 10.1 Å². The van der Waals surface area contributed by atoms with Gasteiger partial charge in [-0.2, -0.15) is 0 Å². The molecule has 1 heterocycles. The summed E-state index contributed by atoms with van der Waals surface area (Å²) in [5.41, 5.74) is 1.74. The third-order valence-corrected chi connectivity index (χ3v) is 2.29. The summed E-state index contributed by atoms with van der Waals surface area (Å²) in [5, 5.41) is 7.03. The molecule has 1 aromatic carbocycles. The molecule has 0 saturated carbocycles. The molecular weight excluding hydrogens is 204 g/mol. The summed E-state index contributed by atoms with van der Waals surface area (Å²) in [7, 11) is 3.51. The SMILES string of the molecule is CNCc1cc(-c2ccccc2OC)no1. The monoisotopic (exact) mass is 218 g/mol. The number of aromatic nitrogens is 1. The van der Waals surface area contributed by atoms with Crippen molar-refractivity contribution >= 4 is 0 Å². The first-order chi connectivity index (χ1) is 7.85. The summed E-state index contributed by atoms with van der Waals surface area (Å²) in [6.07, 6.45) is 0. The van der Waals surface area contributed by atoms with E-state index < -0.39 is 0 Å². The van der Waals surface area contributed by atoms with Crippen LogP contribution in [0, 0.1) is 0 Å². The first kappa shape index (κ1) is 10.7. The van der Waals surface area contributed by atoms with Gasteiger partial charge in [-0.25, -0.2) is 0 Å². The number of methoxy groups -OCH3 is 1. The van der Waals surface area contributed by atoms with Crippen LogP contribution in [0.15, 0.2) is 34.9 Å². The van der Waals surface area contributed by atoms with E-state index in [2.05, 4.69) is 10.5 Å². The van der Waals surface area contributed by atoms with Crippen LogP contribution in [-0.2, 0) is 6.54 Å². The third kappa shape index (κ3) is 2.06. The Balaban J connectivity index is 2.34. The molecule has 0 bridgehead atoms. The van der Waals surface area contributed by atoms with E-state index in [1.54, 1.807) is 7.11 Å². The summed E-state index contributed by atoms with van der Waals surface area (Å²) in [5.74, 6) is 1.61. The summed E-state index contributed by atoms with van der Waals surface area (Å²) >= 11 is 0. The van der Waals surface area contributed by atoms with Gasteiger partial charge in [-0.1, -0.05) is 17.3 Å². The highest BCUT2D eigenvalue weighted by molar-refractivity contribution is 5.66. The molecule has 1 N–H and O–H groups in total. The fourth-order valence-corrected chi connectivity index (χ4v) is 1.55. The Kier molecular flexibility index (Phi) is 3.22. The molecule has 0 atom stereocenters. The van der Waals surface area contributed by atoms with Crippen molar-refractivity contribution < 1.29 is 9.26 Å². The number of nitrogens with one attached hydrogen (secondary N) is 1. The number of para-hydroxylation sites is 1. The van der Waals surface area contributed by atoms with E-state index in [9.17, 15) is 0 Å². The lowest BCUT2D eigenvalue weighted by atomic mass is 10.1. The molecule has 0 saturated heterocycles. The lowest BCUT2D eigenvalue weighted by Gasteiger charge is -2.03. The zero-order valence-electron chi connectivity index (χ0n) is 9.36. The van der Waals surface area contributed by atoms with Gasteiger partial charge in [0.05, 0.1) is 13.7 Å². The topological polar surface area (TPSA) is 47.3 Å². The van der Waals surface area contributed by atoms with Crippen molar-refractivity contribution in [3.8, 4) is 17.0 Å². The molecule has 0 aliphatic heterocycles. The second kappa shape index (κ2) is 4.81. The minimum atomic E-state index is 0.669. The molecule has 0 aliphatic carbocycles. The van der Waals surface area contributed by atoms with Crippen molar-refractivity contribution in [2.24, 2.45) is 0 Å². The van der Waals surface area contributed by atoms with Crippen molar-refractivity contribution in [2.45, 2.75) is 6.54 Å². The van der Waals surface area contributed by atoms with E-state index in [4.69, 9.17) is 9.26 Å². The number of rotatable bonds is 4. The van der Waals surface area contributed by atoms with E-state index in [1.165, 1.54) is 0 Å². The molecule has 0 amide bonds. The maximum atomic E-state index is 5.27. The van der Waals surface area contributed by atoms with E-state index >= 15 is 0 Å². The molecular formula is C12H14N2O2. The van der Waals surface area contributed by atoms with E-state index in [0.29, 0.717) is 6.54 Å². The number of hydrogen-bond acceptors (Lipinski definition) is 4. The molecule has 0 radical (unpaired) electrons. The number of benzene rings is 1. The maximum absolute atomic E-state index is 5.27. The van der Waals surface area contributed by atoms with Crippen molar-refractivity contribution in [1.29, 1.82) is 0 Å². The summed E-state index contributed by atoms with van der Waals surface area (Å²) in [6.45, 7) is 0.669. The van der Waals surface area contributed by atoms with Gasteiger partial charge in [0.15, 0.2) is 5.76 Å². The molecule has 0 spiro atoms. The zero-order chi connectivity index (χ0) is 11.4. The Labute approximate surface area is 94.2 Å². The molecule has 0 fully saturated rings. The number of ether oxygens (including phenoxy) is 1. The van der Waals surface area contributed by atoms with Gasteiger partial charge in [0.2, 0.25) is 0 Å². The van der Waals surface area contributed by atoms with Crippen molar-refractivity contribution in [1.82, 2.24) is 10.5 Å². The second-order valence-electron chi connectivity index (χ2n) is 3.41. The van der Waals surface area contributed by atoms with Gasteiger partial charge in [-0.15, -0.1) is 0 Å². The lowest BCUT2D eigenvalue weighted by molar-refractivity contribution is 0.378. The Morgan fingerprint density at radius 3 is 2.94 bits per heavy atom. The van der Waals surface area contributed by atoms with Crippen LogP contribution in [0.1, 0.15) is 5.76 Å². The molecule has 16 heavy (non-hydrogen) atoms. The standard InChI is InChI=1S/C12H14N2O2/c1-13-8-9-7-11(14-16-9)10-5-3-4-6-12(10)15-2/h3-7,13H,8H2,1-2H3. The molecule has 84 valence electrons. The zero-order valence-corrected chi connectivity index (χ0v) is 9.36. The number of nitrogens with zero attached hydrogens (tertiary/aromatic N) is 1. The smallest absolute Gasteiger partial charge is 0.151 e. The quantitative estimate of drug-likeness (QED) is 0.853. The molecule has 0 aliphatic rings. The Morgan fingerprint density at radius 2 is 2.19 bits per heavy atom. The van der Waals surface area contributed by atoms with Crippen LogP contribution in [0.3, 0.4) is 0 Å². The maximum Gasteiger partial charge on any atom is 0.151 e. The van der Waals surface area contributed by atoms with Crippen molar-refractivity contribution in [3.63, 3.8) is 0 Å². The predicted molar refractivity (Wildman–Crippen MR) is 61.3 cm³/mol. The predicted octanol–water partition coefficient (Wildman–Crippen LogP) is 2.07. The molecule has 1 aromatic heterocycles. The highest BCUT2D eigenvalue weighted by Gasteiger charge is 2.10. The minimum absolute atomic E-state index is 0.669. The van der Waals surface area contributed by atoms with Crippen LogP contribution in [0.4, 0.5) is 0 Å². The average molecular weight is 218 g/mol. The number of hydrogen-bond donors (Lipinski definition) is 1. The fourth-order valence-electron chi connectivity index (χ4n) is 1.55. The van der Waals surface area contributed by atoms with Gasteiger partial charge in [0, 0.05) is 11.6 Å². The van der Waals surface area contributed by atoms with Gasteiger partial charge in [0.25, 0.3) is 0 Å². The summed E-state index contributed by atoms with van der Waals surface area (Å²) in [6, 6.07) is 9.65. The van der Waals surface area contributed by atoms with E-state index in [0.717, 1.165) is 22.8 Å². The largest absolute Gasteiger partial charge is 0.496 e. The molecule has 0 unspecified atom stereocenters. The van der Waals surface area contributed by atoms with Crippen LogP contribution in [0.25, 0.3) is 11.3 Å². The van der Waals surface area contributed by atoms with Crippen LogP contribution in [0.5, 0.6) is 5.75 Å². The summed E-state index contributed by atoms with van der Waals surface area (Å²) < 4.78 is 10.5. The van der Waals surface area contributed by atoms with Crippen LogP contribution in [-0.4, -0.2) is 19.3 Å². The first-order valence-electron chi connectivity index (χ1n) is 5.08. The minimum Gasteiger partial charge on any atom is -0.496 e. The third-order valence-electron chi connectivity index (χ3n) is 2.29. The lowest BCUT2D eigenvalue weighted by Crippen LogP contribution is -2.03. The van der Waals surface area contributed by atoms with Crippen molar-refractivity contribution in [3.05, 3.63) is 36.1 Å². The Hall–Kier alpha value is -1.81.